The van der Waals surface area contributed by atoms with Crippen LogP contribution in [0.5, 0.6) is 0 Å². The number of hydrogen-bond acceptors (Lipinski definition) is 5. The number of pyridine rings is 1. The fourth-order valence-electron chi connectivity index (χ4n) is 3.25. The summed E-state index contributed by atoms with van der Waals surface area (Å²) < 4.78 is 7.55. The molecule has 0 fully saturated rings. The molecule has 0 saturated heterocycles. The molecular formula is C21H23N3O4. The summed E-state index contributed by atoms with van der Waals surface area (Å²) in [6, 6.07) is 7.40. The van der Waals surface area contributed by atoms with E-state index in [0.29, 0.717) is 5.69 Å². The number of benzene rings is 1. The van der Waals surface area contributed by atoms with E-state index in [9.17, 15) is 14.4 Å². The summed E-state index contributed by atoms with van der Waals surface area (Å²) in [7, 11) is 1.55. The summed E-state index contributed by atoms with van der Waals surface area (Å²) >= 11 is 0. The van der Waals surface area contributed by atoms with Crippen LogP contribution in [-0.2, 0) is 18.3 Å². The van der Waals surface area contributed by atoms with Crippen molar-refractivity contribution < 1.29 is 9.53 Å². The van der Waals surface area contributed by atoms with Crippen LogP contribution in [0.15, 0.2) is 33.9 Å². The van der Waals surface area contributed by atoms with Crippen LogP contribution in [-0.4, -0.2) is 26.7 Å². The van der Waals surface area contributed by atoms with E-state index in [1.54, 1.807) is 20.9 Å². The van der Waals surface area contributed by atoms with Gasteiger partial charge in [0.25, 0.3) is 5.56 Å². The maximum Gasteiger partial charge on any atom is 0.339 e. The van der Waals surface area contributed by atoms with Crippen molar-refractivity contribution in [1.29, 1.82) is 0 Å². The Balaban J connectivity index is 2.34. The molecule has 0 aliphatic rings. The van der Waals surface area contributed by atoms with Gasteiger partial charge in [-0.3, -0.25) is 13.9 Å². The zero-order valence-electron chi connectivity index (χ0n) is 16.7. The van der Waals surface area contributed by atoms with Gasteiger partial charge in [-0.25, -0.2) is 14.6 Å². The number of fused-ring (bicyclic) bond motifs is 1. The van der Waals surface area contributed by atoms with Gasteiger partial charge in [0, 0.05) is 12.7 Å². The quantitative estimate of drug-likeness (QED) is 0.647. The Morgan fingerprint density at radius 1 is 1.14 bits per heavy atom. The Morgan fingerprint density at radius 3 is 2.54 bits per heavy atom. The van der Waals surface area contributed by atoms with Gasteiger partial charge in [0.05, 0.1) is 24.1 Å². The Hall–Kier alpha value is -3.22. The Kier molecular flexibility index (Phi) is 5.18. The summed E-state index contributed by atoms with van der Waals surface area (Å²) in [5.41, 5.74) is 2.69. The van der Waals surface area contributed by atoms with Gasteiger partial charge in [-0.2, -0.15) is 0 Å². The number of aryl methyl sites for hydroxylation is 4. The molecule has 2 aromatic heterocycles. The molecule has 146 valence electrons. The van der Waals surface area contributed by atoms with Gasteiger partial charge in [-0.05, 0) is 44.9 Å². The van der Waals surface area contributed by atoms with E-state index in [1.807, 2.05) is 32.0 Å². The van der Waals surface area contributed by atoms with Crippen LogP contribution in [0.1, 0.15) is 39.7 Å². The molecule has 3 aromatic rings. The van der Waals surface area contributed by atoms with Crippen LogP contribution < -0.4 is 11.2 Å². The second kappa shape index (κ2) is 7.42. The number of rotatable bonds is 4. The molecule has 0 aliphatic heterocycles. The molecule has 7 nitrogen and oxygen atoms in total. The molecule has 0 aliphatic carbocycles. The summed E-state index contributed by atoms with van der Waals surface area (Å²) in [5.74, 6) is -0.605. The van der Waals surface area contributed by atoms with Crippen LogP contribution in [0.2, 0.25) is 0 Å². The summed E-state index contributed by atoms with van der Waals surface area (Å²) in [6.45, 7) is 7.59. The van der Waals surface area contributed by atoms with E-state index in [0.717, 1.165) is 21.3 Å². The van der Waals surface area contributed by atoms with Gasteiger partial charge in [-0.1, -0.05) is 23.8 Å². The number of nitrogens with zero attached hydrogens (tertiary/aromatic N) is 3. The number of carbonyl (C=O) groups excluding carboxylic acids is 1. The molecule has 2 heterocycles. The first kappa shape index (κ1) is 19.5. The van der Waals surface area contributed by atoms with Crippen molar-refractivity contribution in [3.05, 3.63) is 73.1 Å². The maximum atomic E-state index is 13.2. The fourth-order valence-corrected chi connectivity index (χ4v) is 3.25. The van der Waals surface area contributed by atoms with E-state index in [4.69, 9.17) is 4.74 Å². The third-order valence-electron chi connectivity index (χ3n) is 4.75. The van der Waals surface area contributed by atoms with E-state index in [-0.39, 0.29) is 29.7 Å². The topological polar surface area (TPSA) is 83.2 Å². The summed E-state index contributed by atoms with van der Waals surface area (Å²) in [5, 5.41) is 0.0939. The second-order valence-electron chi connectivity index (χ2n) is 6.89. The third kappa shape index (κ3) is 3.35. The lowest BCUT2D eigenvalue weighted by Crippen LogP contribution is -2.40. The van der Waals surface area contributed by atoms with Crippen LogP contribution in [0, 0.1) is 20.8 Å². The highest BCUT2D eigenvalue weighted by Crippen LogP contribution is 2.16. The first-order chi connectivity index (χ1) is 13.2. The SMILES string of the molecule is CCOC(=O)c1cc(C)nc2c1c(=O)n(Cc1cc(C)ccc1C)c(=O)n2C. The Labute approximate surface area is 162 Å². The lowest BCUT2D eigenvalue weighted by atomic mass is 10.1. The Morgan fingerprint density at radius 2 is 1.86 bits per heavy atom. The number of aromatic nitrogens is 3. The molecule has 0 radical (unpaired) electrons. The predicted molar refractivity (Wildman–Crippen MR) is 107 cm³/mol. The number of ether oxygens (including phenoxy) is 1. The Bertz CT molecular complexity index is 1200. The van der Waals surface area contributed by atoms with Gasteiger partial charge in [0.1, 0.15) is 5.65 Å². The molecule has 3 rings (SSSR count). The highest BCUT2D eigenvalue weighted by Gasteiger charge is 2.21. The summed E-state index contributed by atoms with van der Waals surface area (Å²) in [4.78, 5) is 42.9. The van der Waals surface area contributed by atoms with Gasteiger partial charge < -0.3 is 4.74 Å². The molecule has 0 amide bonds. The van der Waals surface area contributed by atoms with Gasteiger partial charge in [-0.15, -0.1) is 0 Å². The van der Waals surface area contributed by atoms with Crippen LogP contribution in [0.25, 0.3) is 11.0 Å². The number of hydrogen-bond donors (Lipinski definition) is 0. The minimum atomic E-state index is -0.605. The number of esters is 1. The normalized spacial score (nSPS) is 11.0. The molecule has 0 unspecified atom stereocenters. The standard InChI is InChI=1S/C21H23N3O4/c1-6-28-20(26)16-10-14(4)22-18-17(16)19(25)24(21(27)23(18)5)11-15-9-12(2)7-8-13(15)3/h7-10H,6,11H2,1-5H3. The van der Waals surface area contributed by atoms with E-state index < -0.39 is 17.2 Å². The molecule has 0 atom stereocenters. The minimum absolute atomic E-state index is 0.0939. The van der Waals surface area contributed by atoms with Crippen molar-refractivity contribution in [2.24, 2.45) is 7.05 Å². The first-order valence-electron chi connectivity index (χ1n) is 9.09. The molecule has 0 saturated carbocycles. The van der Waals surface area contributed by atoms with Crippen molar-refractivity contribution in [2.45, 2.75) is 34.2 Å². The zero-order valence-corrected chi connectivity index (χ0v) is 16.7. The smallest absolute Gasteiger partial charge is 0.339 e. The monoisotopic (exact) mass is 381 g/mol. The van der Waals surface area contributed by atoms with E-state index in [2.05, 4.69) is 4.98 Å². The van der Waals surface area contributed by atoms with Crippen LogP contribution >= 0.6 is 0 Å². The van der Waals surface area contributed by atoms with Crippen molar-refractivity contribution in [3.8, 4) is 0 Å². The van der Waals surface area contributed by atoms with Crippen LogP contribution in [0.4, 0.5) is 0 Å². The van der Waals surface area contributed by atoms with Crippen molar-refractivity contribution in [1.82, 2.24) is 14.1 Å². The molecule has 0 N–H and O–H groups in total. The average Bonchev–Trinajstić information content (AvgIpc) is 2.65. The van der Waals surface area contributed by atoms with Crippen molar-refractivity contribution >= 4 is 17.0 Å². The molecule has 1 aromatic carbocycles. The molecular weight excluding hydrogens is 358 g/mol. The second-order valence-corrected chi connectivity index (χ2v) is 6.89. The lowest BCUT2D eigenvalue weighted by molar-refractivity contribution is 0.0528. The van der Waals surface area contributed by atoms with Crippen LogP contribution in [0.3, 0.4) is 0 Å². The highest BCUT2D eigenvalue weighted by atomic mass is 16.5. The first-order valence-corrected chi connectivity index (χ1v) is 9.09. The van der Waals surface area contributed by atoms with Gasteiger partial charge in [0.15, 0.2) is 0 Å². The average molecular weight is 381 g/mol. The summed E-state index contributed by atoms with van der Waals surface area (Å²) in [6.07, 6.45) is 0. The fraction of sp³-hybridized carbons (Fsp3) is 0.333. The lowest BCUT2D eigenvalue weighted by Gasteiger charge is -2.14. The molecule has 0 bridgehead atoms. The molecule has 28 heavy (non-hydrogen) atoms. The van der Waals surface area contributed by atoms with Gasteiger partial charge in [0.2, 0.25) is 0 Å². The van der Waals surface area contributed by atoms with E-state index >= 15 is 0 Å². The third-order valence-corrected chi connectivity index (χ3v) is 4.75. The minimum Gasteiger partial charge on any atom is -0.462 e. The van der Waals surface area contributed by atoms with Gasteiger partial charge >= 0.3 is 11.7 Å². The number of carbonyl (C=O) groups is 1. The van der Waals surface area contributed by atoms with Crippen molar-refractivity contribution in [2.75, 3.05) is 6.61 Å². The largest absolute Gasteiger partial charge is 0.462 e. The molecule has 7 heteroatoms. The predicted octanol–water partition coefficient (Wildman–Crippen LogP) is 2.25. The zero-order chi connectivity index (χ0) is 20.6. The van der Waals surface area contributed by atoms with E-state index in [1.165, 1.54) is 10.6 Å². The van der Waals surface area contributed by atoms with Crippen molar-refractivity contribution in [3.63, 3.8) is 0 Å². The maximum absolute atomic E-state index is 13.2. The highest BCUT2D eigenvalue weighted by molar-refractivity contribution is 6.02. The molecule has 0 spiro atoms.